The molecule has 0 spiro atoms. The van der Waals surface area contributed by atoms with Gasteiger partial charge in [-0.15, -0.1) is 0 Å². The Balaban J connectivity index is 1.86. The van der Waals surface area contributed by atoms with Crippen molar-refractivity contribution in [1.29, 1.82) is 0 Å². The number of fused-ring (bicyclic) bond motifs is 1. The van der Waals surface area contributed by atoms with Gasteiger partial charge in [-0.25, -0.2) is 9.37 Å². The molecule has 4 nitrogen and oxygen atoms in total. The summed E-state index contributed by atoms with van der Waals surface area (Å²) in [5.41, 5.74) is 3.18. The van der Waals surface area contributed by atoms with Gasteiger partial charge in [0.15, 0.2) is 0 Å². The fourth-order valence-corrected chi connectivity index (χ4v) is 4.11. The van der Waals surface area contributed by atoms with Crippen LogP contribution in [-0.2, 0) is 13.2 Å². The highest BCUT2D eigenvalue weighted by Crippen LogP contribution is 2.31. The lowest BCUT2D eigenvalue weighted by atomic mass is 10.1. The molecule has 3 aromatic rings. The molecule has 27 heavy (non-hydrogen) atoms. The highest BCUT2D eigenvalue weighted by atomic mass is 35.5. The lowest BCUT2D eigenvalue weighted by Crippen LogP contribution is -2.32. The van der Waals surface area contributed by atoms with E-state index in [0.29, 0.717) is 17.1 Å². The van der Waals surface area contributed by atoms with Crippen molar-refractivity contribution in [2.45, 2.75) is 32.4 Å². The van der Waals surface area contributed by atoms with Gasteiger partial charge in [0.2, 0.25) is 5.95 Å². The van der Waals surface area contributed by atoms with Crippen molar-refractivity contribution in [3.05, 3.63) is 57.3 Å². The minimum atomic E-state index is -0.433. The van der Waals surface area contributed by atoms with Crippen molar-refractivity contribution in [2.24, 2.45) is 0 Å². The number of aromatic nitrogens is 2. The van der Waals surface area contributed by atoms with E-state index in [1.54, 1.807) is 18.2 Å². The normalized spacial score (nSPS) is 14.9. The van der Waals surface area contributed by atoms with Gasteiger partial charge in [0, 0.05) is 23.7 Å². The van der Waals surface area contributed by atoms with E-state index in [2.05, 4.69) is 9.47 Å². The number of anilines is 1. The minimum absolute atomic E-state index is 0.102. The van der Waals surface area contributed by atoms with Gasteiger partial charge in [-0.3, -0.25) is 0 Å². The van der Waals surface area contributed by atoms with Crippen LogP contribution in [0.3, 0.4) is 0 Å². The number of aliphatic hydroxyl groups is 1. The van der Waals surface area contributed by atoms with E-state index in [0.717, 1.165) is 48.5 Å². The predicted octanol–water partition coefficient (Wildman–Crippen LogP) is 5.01. The van der Waals surface area contributed by atoms with Crippen LogP contribution in [0.15, 0.2) is 30.3 Å². The summed E-state index contributed by atoms with van der Waals surface area (Å²) in [6.07, 6.45) is 3.47. The Morgan fingerprint density at radius 3 is 2.56 bits per heavy atom. The van der Waals surface area contributed by atoms with E-state index in [9.17, 15) is 9.50 Å². The Labute approximate surface area is 167 Å². The standard InChI is InChI=1S/C20H20Cl2FN3O/c21-15-9-14(12-27)19-18(10-15)26(11-13-4-5-17(23)16(22)8-13)20(24-19)25-6-2-1-3-7-25/h4-5,8-10,27H,1-3,6-7,11-12H2. The van der Waals surface area contributed by atoms with E-state index in [1.807, 2.05) is 6.07 Å². The molecule has 0 atom stereocenters. The Bertz CT molecular complexity index is 983. The van der Waals surface area contributed by atoms with Crippen LogP contribution >= 0.6 is 23.2 Å². The molecule has 1 fully saturated rings. The van der Waals surface area contributed by atoms with Gasteiger partial charge in [0.25, 0.3) is 0 Å². The van der Waals surface area contributed by atoms with Gasteiger partial charge in [0.05, 0.1) is 29.2 Å². The third kappa shape index (κ3) is 3.64. The van der Waals surface area contributed by atoms with Crippen LogP contribution in [0.5, 0.6) is 0 Å². The summed E-state index contributed by atoms with van der Waals surface area (Å²) >= 11 is 12.3. The summed E-state index contributed by atoms with van der Waals surface area (Å²) in [5.74, 6) is 0.417. The fraction of sp³-hybridized carbons (Fsp3) is 0.350. The van der Waals surface area contributed by atoms with Crippen LogP contribution in [0.25, 0.3) is 11.0 Å². The highest BCUT2D eigenvalue weighted by molar-refractivity contribution is 6.31. The number of imidazole rings is 1. The van der Waals surface area contributed by atoms with Crippen molar-refractivity contribution in [3.63, 3.8) is 0 Å². The van der Waals surface area contributed by atoms with Gasteiger partial charge in [0.1, 0.15) is 5.82 Å². The number of piperidine rings is 1. The lowest BCUT2D eigenvalue weighted by molar-refractivity contribution is 0.283. The SMILES string of the molecule is OCc1cc(Cl)cc2c1nc(N1CCCCC1)n2Cc1ccc(F)c(Cl)c1. The van der Waals surface area contributed by atoms with Crippen LogP contribution in [-0.4, -0.2) is 27.7 Å². The third-order valence-corrected chi connectivity index (χ3v) is 5.52. The zero-order valence-corrected chi connectivity index (χ0v) is 16.3. The van der Waals surface area contributed by atoms with Crippen LogP contribution in [0, 0.1) is 5.82 Å². The van der Waals surface area contributed by atoms with E-state index in [1.165, 1.54) is 12.5 Å². The maximum atomic E-state index is 13.5. The Morgan fingerprint density at radius 2 is 1.85 bits per heavy atom. The van der Waals surface area contributed by atoms with Gasteiger partial charge in [-0.05, 0) is 49.1 Å². The molecule has 1 saturated heterocycles. The quantitative estimate of drug-likeness (QED) is 0.660. The molecule has 7 heteroatoms. The first kappa shape index (κ1) is 18.5. The maximum absolute atomic E-state index is 13.5. The average molecular weight is 408 g/mol. The molecule has 0 radical (unpaired) electrons. The summed E-state index contributed by atoms with van der Waals surface area (Å²) in [5, 5.41) is 10.4. The summed E-state index contributed by atoms with van der Waals surface area (Å²) in [7, 11) is 0. The van der Waals surface area contributed by atoms with Crippen molar-refractivity contribution in [1.82, 2.24) is 9.55 Å². The first-order valence-corrected chi connectivity index (χ1v) is 9.81. The molecule has 1 aromatic heterocycles. The van der Waals surface area contributed by atoms with Crippen LogP contribution < -0.4 is 4.90 Å². The maximum Gasteiger partial charge on any atom is 0.206 e. The Kier molecular flexibility index (Phi) is 5.26. The first-order valence-electron chi connectivity index (χ1n) is 9.05. The second-order valence-corrected chi connectivity index (χ2v) is 7.73. The molecule has 142 valence electrons. The molecule has 1 aliphatic heterocycles. The molecular formula is C20H20Cl2FN3O. The molecule has 1 N–H and O–H groups in total. The first-order chi connectivity index (χ1) is 13.1. The molecule has 0 unspecified atom stereocenters. The molecular weight excluding hydrogens is 388 g/mol. The third-order valence-electron chi connectivity index (χ3n) is 5.01. The summed E-state index contributed by atoms with van der Waals surface area (Å²) in [4.78, 5) is 7.12. The van der Waals surface area contributed by atoms with E-state index < -0.39 is 5.82 Å². The lowest BCUT2D eigenvalue weighted by Gasteiger charge is -2.28. The molecule has 4 rings (SSSR count). The summed E-state index contributed by atoms with van der Waals surface area (Å²) < 4.78 is 15.6. The van der Waals surface area contributed by atoms with Crippen molar-refractivity contribution in [3.8, 4) is 0 Å². The average Bonchev–Trinajstić information content (AvgIpc) is 3.03. The molecule has 0 aliphatic carbocycles. The van der Waals surface area contributed by atoms with Gasteiger partial charge in [-0.2, -0.15) is 0 Å². The monoisotopic (exact) mass is 407 g/mol. The highest BCUT2D eigenvalue weighted by Gasteiger charge is 2.21. The van der Waals surface area contributed by atoms with Gasteiger partial charge >= 0.3 is 0 Å². The van der Waals surface area contributed by atoms with Crippen molar-refractivity contribution in [2.75, 3.05) is 18.0 Å². The molecule has 0 bridgehead atoms. The largest absolute Gasteiger partial charge is 0.392 e. The number of halogens is 3. The number of benzene rings is 2. The smallest absolute Gasteiger partial charge is 0.206 e. The number of rotatable bonds is 4. The topological polar surface area (TPSA) is 41.3 Å². The van der Waals surface area contributed by atoms with Crippen molar-refractivity contribution < 1.29 is 9.50 Å². The number of aliphatic hydroxyl groups excluding tert-OH is 1. The zero-order chi connectivity index (χ0) is 19.0. The molecule has 0 saturated carbocycles. The van der Waals surface area contributed by atoms with E-state index in [-0.39, 0.29) is 11.6 Å². The van der Waals surface area contributed by atoms with E-state index >= 15 is 0 Å². The molecule has 1 aliphatic rings. The Morgan fingerprint density at radius 1 is 1.07 bits per heavy atom. The summed E-state index contributed by atoms with van der Waals surface area (Å²) in [6, 6.07) is 8.35. The zero-order valence-electron chi connectivity index (χ0n) is 14.8. The second kappa shape index (κ2) is 7.66. The van der Waals surface area contributed by atoms with Crippen LogP contribution in [0.2, 0.25) is 10.0 Å². The number of hydrogen-bond acceptors (Lipinski definition) is 3. The summed E-state index contributed by atoms with van der Waals surface area (Å²) in [6.45, 7) is 2.24. The number of hydrogen-bond donors (Lipinski definition) is 1. The van der Waals surface area contributed by atoms with Gasteiger partial charge in [-0.1, -0.05) is 29.3 Å². The Hall–Kier alpha value is -1.82. The van der Waals surface area contributed by atoms with E-state index in [4.69, 9.17) is 28.2 Å². The number of nitrogens with zero attached hydrogens (tertiary/aromatic N) is 3. The van der Waals surface area contributed by atoms with Crippen molar-refractivity contribution >= 4 is 40.2 Å². The second-order valence-electron chi connectivity index (χ2n) is 6.88. The molecule has 0 amide bonds. The van der Waals surface area contributed by atoms with Crippen LogP contribution in [0.1, 0.15) is 30.4 Å². The molecule has 2 heterocycles. The van der Waals surface area contributed by atoms with Gasteiger partial charge < -0.3 is 14.6 Å². The predicted molar refractivity (Wildman–Crippen MR) is 107 cm³/mol. The van der Waals surface area contributed by atoms with Crippen LogP contribution in [0.4, 0.5) is 10.3 Å². The minimum Gasteiger partial charge on any atom is -0.392 e. The fourth-order valence-electron chi connectivity index (χ4n) is 3.68. The molecule has 2 aromatic carbocycles.